The van der Waals surface area contributed by atoms with Crippen molar-refractivity contribution in [3.8, 4) is 16.9 Å². The number of carboxylic acid groups (broad SMARTS) is 1. The van der Waals surface area contributed by atoms with Crippen LogP contribution >= 0.6 is 0 Å². The van der Waals surface area contributed by atoms with Gasteiger partial charge >= 0.3 is 12.1 Å². The van der Waals surface area contributed by atoms with Gasteiger partial charge in [0.2, 0.25) is 0 Å². The summed E-state index contributed by atoms with van der Waals surface area (Å²) in [5.41, 5.74) is -0.725. The highest BCUT2D eigenvalue weighted by Crippen LogP contribution is 2.44. The molecule has 3 aromatic carbocycles. The summed E-state index contributed by atoms with van der Waals surface area (Å²) in [6, 6.07) is 12.4. The van der Waals surface area contributed by atoms with Crippen LogP contribution in [0.5, 0.6) is 5.75 Å². The first-order chi connectivity index (χ1) is 19.3. The molecule has 0 saturated carbocycles. The predicted octanol–water partition coefficient (Wildman–Crippen LogP) is 6.05. The van der Waals surface area contributed by atoms with Crippen LogP contribution in [-0.4, -0.2) is 45.4 Å². The van der Waals surface area contributed by atoms with Crippen LogP contribution in [0, 0.1) is 18.2 Å². The number of halogens is 4. The van der Waals surface area contributed by atoms with Crippen LogP contribution in [-0.2, 0) is 25.7 Å². The minimum Gasteiger partial charge on any atom is -0.486 e. The number of rotatable bonds is 6. The fourth-order valence-corrected chi connectivity index (χ4v) is 6.94. The number of hydrogen-bond acceptors (Lipinski definition) is 5. The number of benzene rings is 3. The second kappa shape index (κ2) is 10.6. The van der Waals surface area contributed by atoms with E-state index in [1.807, 2.05) is 0 Å². The first-order valence-corrected chi connectivity index (χ1v) is 14.3. The lowest BCUT2D eigenvalue weighted by molar-refractivity contribution is -0.157. The zero-order chi connectivity index (χ0) is 29.6. The molecule has 3 aromatic rings. The van der Waals surface area contributed by atoms with Gasteiger partial charge in [-0.25, -0.2) is 12.8 Å². The highest BCUT2D eigenvalue weighted by Gasteiger charge is 2.45. The first kappa shape index (κ1) is 28.9. The molecule has 1 N–H and O–H groups in total. The number of nitrogens with zero attached hydrogens (tertiary/aromatic N) is 1. The molecule has 12 heteroatoms. The summed E-state index contributed by atoms with van der Waals surface area (Å²) in [6.07, 6.45) is -5.32. The molecule has 41 heavy (non-hydrogen) atoms. The monoisotopic (exact) mass is 593 g/mol. The van der Waals surface area contributed by atoms with Crippen molar-refractivity contribution >= 4 is 21.7 Å². The molecular weight excluding hydrogens is 566 g/mol. The SMILES string of the molecule is Cc1cc(F)cc(-c2ccc3c(c2)N(S(=O)(=O)c2cccc(C(F)(F)F)c2)CC(CC2(C(=O)O)CCOCC2)O3)c1. The molecular formula is C29H27F4NO6S. The fourth-order valence-electron chi connectivity index (χ4n) is 5.39. The minimum absolute atomic E-state index is 0.0371. The maximum atomic E-state index is 14.2. The Morgan fingerprint density at radius 3 is 2.44 bits per heavy atom. The Hall–Kier alpha value is -3.64. The van der Waals surface area contributed by atoms with Crippen molar-refractivity contribution in [2.75, 3.05) is 24.1 Å². The number of aryl methyl sites for hydroxylation is 1. The van der Waals surface area contributed by atoms with Crippen LogP contribution in [0.4, 0.5) is 23.2 Å². The second-order valence-electron chi connectivity index (χ2n) is 10.4. The number of carbonyl (C=O) groups is 1. The highest BCUT2D eigenvalue weighted by atomic mass is 32.2. The van der Waals surface area contributed by atoms with E-state index in [1.54, 1.807) is 19.1 Å². The van der Waals surface area contributed by atoms with Crippen molar-refractivity contribution in [2.45, 2.75) is 43.4 Å². The van der Waals surface area contributed by atoms with E-state index < -0.39 is 50.0 Å². The number of anilines is 1. The highest BCUT2D eigenvalue weighted by molar-refractivity contribution is 7.92. The molecule has 0 amide bonds. The Balaban J connectivity index is 1.61. The number of fused-ring (bicyclic) bond motifs is 1. The number of sulfonamides is 1. The molecule has 1 fully saturated rings. The van der Waals surface area contributed by atoms with Gasteiger partial charge in [0.15, 0.2) is 0 Å². The van der Waals surface area contributed by atoms with Gasteiger partial charge in [0.25, 0.3) is 10.0 Å². The Morgan fingerprint density at radius 2 is 1.78 bits per heavy atom. The molecule has 0 spiro atoms. The lowest BCUT2D eigenvalue weighted by Gasteiger charge is -2.40. The number of carboxylic acids is 1. The molecule has 1 saturated heterocycles. The maximum Gasteiger partial charge on any atom is 0.416 e. The van der Waals surface area contributed by atoms with Crippen molar-refractivity contribution in [1.82, 2.24) is 0 Å². The van der Waals surface area contributed by atoms with E-state index in [1.165, 1.54) is 24.3 Å². The zero-order valence-corrected chi connectivity index (χ0v) is 22.8. The standard InChI is InChI=1S/C29H27F4NO6S/c1-18-11-20(13-22(30)12-18)19-5-6-26-25(14-19)34(41(37,38)24-4-2-3-21(15-24)29(31,32)33)17-23(40-26)16-28(27(35)36)7-9-39-10-8-28/h2-6,11-15,23H,7-10,16-17H2,1H3,(H,35,36). The fraction of sp³-hybridized carbons (Fsp3) is 0.345. The van der Waals surface area contributed by atoms with Gasteiger partial charge in [0, 0.05) is 19.6 Å². The van der Waals surface area contributed by atoms with Crippen LogP contribution in [0.2, 0.25) is 0 Å². The van der Waals surface area contributed by atoms with E-state index >= 15 is 0 Å². The molecule has 0 aromatic heterocycles. The van der Waals surface area contributed by atoms with Crippen LogP contribution in [0.1, 0.15) is 30.4 Å². The van der Waals surface area contributed by atoms with Gasteiger partial charge in [-0.05, 0) is 78.9 Å². The average molecular weight is 594 g/mol. The van der Waals surface area contributed by atoms with E-state index in [0.717, 1.165) is 22.5 Å². The third-order valence-corrected chi connectivity index (χ3v) is 9.31. The predicted molar refractivity (Wildman–Crippen MR) is 142 cm³/mol. The smallest absolute Gasteiger partial charge is 0.416 e. The third kappa shape index (κ3) is 5.76. The molecule has 1 unspecified atom stereocenters. The molecule has 2 aliphatic rings. The van der Waals surface area contributed by atoms with Crippen molar-refractivity contribution in [1.29, 1.82) is 0 Å². The van der Waals surface area contributed by atoms with Gasteiger partial charge < -0.3 is 14.6 Å². The average Bonchev–Trinajstić information content (AvgIpc) is 2.92. The lowest BCUT2D eigenvalue weighted by Crippen LogP contribution is -2.48. The van der Waals surface area contributed by atoms with E-state index in [2.05, 4.69) is 0 Å². The zero-order valence-electron chi connectivity index (χ0n) is 21.9. The molecule has 5 rings (SSSR count). The first-order valence-electron chi connectivity index (χ1n) is 12.9. The van der Waals surface area contributed by atoms with Crippen molar-refractivity contribution < 1.29 is 45.4 Å². The number of ether oxygens (including phenoxy) is 2. The topological polar surface area (TPSA) is 93.1 Å². The maximum absolute atomic E-state index is 14.2. The van der Waals surface area contributed by atoms with E-state index in [0.29, 0.717) is 22.8 Å². The number of alkyl halides is 3. The Bertz CT molecular complexity index is 1560. The van der Waals surface area contributed by atoms with Crippen molar-refractivity contribution in [3.05, 3.63) is 77.6 Å². The largest absolute Gasteiger partial charge is 0.486 e. The molecule has 218 valence electrons. The second-order valence-corrected chi connectivity index (χ2v) is 12.3. The Morgan fingerprint density at radius 1 is 1.05 bits per heavy atom. The molecule has 0 aliphatic carbocycles. The Kier molecular flexibility index (Phi) is 7.49. The summed E-state index contributed by atoms with van der Waals surface area (Å²) in [5.74, 6) is -1.43. The molecule has 0 radical (unpaired) electrons. The van der Waals surface area contributed by atoms with Crippen molar-refractivity contribution in [2.24, 2.45) is 5.41 Å². The van der Waals surface area contributed by atoms with Gasteiger partial charge in [-0.3, -0.25) is 9.10 Å². The third-order valence-electron chi connectivity index (χ3n) is 7.54. The van der Waals surface area contributed by atoms with Crippen LogP contribution in [0.3, 0.4) is 0 Å². The van der Waals surface area contributed by atoms with Crippen LogP contribution in [0.15, 0.2) is 65.6 Å². The van der Waals surface area contributed by atoms with E-state index in [9.17, 15) is 35.9 Å². The van der Waals surface area contributed by atoms with E-state index in [-0.39, 0.29) is 50.5 Å². The minimum atomic E-state index is -4.77. The summed E-state index contributed by atoms with van der Waals surface area (Å²) in [6.45, 7) is 1.81. The van der Waals surface area contributed by atoms with Gasteiger partial charge in [0.1, 0.15) is 17.7 Å². The summed E-state index contributed by atoms with van der Waals surface area (Å²) >= 11 is 0. The molecule has 2 aliphatic heterocycles. The van der Waals surface area contributed by atoms with Crippen LogP contribution in [0.25, 0.3) is 11.1 Å². The van der Waals surface area contributed by atoms with E-state index in [4.69, 9.17) is 9.47 Å². The van der Waals surface area contributed by atoms with Gasteiger partial charge in [-0.2, -0.15) is 13.2 Å². The number of aliphatic carboxylic acids is 1. The lowest BCUT2D eigenvalue weighted by atomic mass is 9.75. The molecule has 2 heterocycles. The Labute approximate surface area is 234 Å². The van der Waals surface area contributed by atoms with Gasteiger partial charge in [-0.15, -0.1) is 0 Å². The van der Waals surface area contributed by atoms with Crippen LogP contribution < -0.4 is 9.04 Å². The summed E-state index contributed by atoms with van der Waals surface area (Å²) < 4.78 is 94.8. The number of hydrogen-bond donors (Lipinski definition) is 1. The molecule has 0 bridgehead atoms. The summed E-state index contributed by atoms with van der Waals surface area (Å²) in [7, 11) is -4.58. The van der Waals surface area contributed by atoms with Gasteiger partial charge in [0.05, 0.1) is 28.1 Å². The normalized spacial score (nSPS) is 18.9. The van der Waals surface area contributed by atoms with Crippen molar-refractivity contribution in [3.63, 3.8) is 0 Å². The summed E-state index contributed by atoms with van der Waals surface area (Å²) in [4.78, 5) is 11.7. The quantitative estimate of drug-likeness (QED) is 0.350. The summed E-state index contributed by atoms with van der Waals surface area (Å²) in [5, 5.41) is 10.1. The molecule has 7 nitrogen and oxygen atoms in total. The van der Waals surface area contributed by atoms with Gasteiger partial charge in [-0.1, -0.05) is 18.2 Å². The molecule has 1 atom stereocenters.